The van der Waals surface area contributed by atoms with E-state index in [1.807, 2.05) is 4.90 Å². The molecule has 1 N–H and O–H groups in total. The number of unbranched alkanes of at least 4 members (excludes halogenated alkanes) is 18. The Bertz CT molecular complexity index is 913. The Balaban J connectivity index is 2.72. The Morgan fingerprint density at radius 2 is 1.15 bits per heavy atom. The van der Waals surface area contributed by atoms with Crippen LogP contribution >= 0.6 is 0 Å². The van der Waals surface area contributed by atoms with Crippen molar-refractivity contribution in [1.29, 1.82) is 0 Å². The van der Waals surface area contributed by atoms with Crippen LogP contribution in [0.2, 0.25) is 0 Å². The molecule has 0 saturated heterocycles. The summed E-state index contributed by atoms with van der Waals surface area (Å²) >= 11 is 0. The molecule has 1 rings (SSSR count). The summed E-state index contributed by atoms with van der Waals surface area (Å²) in [6, 6.07) is -0.294. The zero-order chi connectivity index (χ0) is 39.3. The van der Waals surface area contributed by atoms with Crippen LogP contribution in [0.1, 0.15) is 227 Å². The zero-order valence-electron chi connectivity index (χ0n) is 36.3. The van der Waals surface area contributed by atoms with Crippen LogP contribution in [0.5, 0.6) is 0 Å². The standard InChI is InChI=1S/C47H89N3O4/c1-5-9-11-13-15-17-19-20-21-22-24-26-32-37-44(47(53)48-43-35-30-27-28-31-36-43)50(41-34-40-49(7-3)8-4)45(51)38-39-46(52)54-42-33-29-25-23-18-16-14-12-10-6-2/h13,15,43-44H,5-12,14,16-42H2,1-4H3,(H,48,53)/b15-13-. The van der Waals surface area contributed by atoms with E-state index in [9.17, 15) is 14.4 Å². The van der Waals surface area contributed by atoms with Gasteiger partial charge >= 0.3 is 5.97 Å². The smallest absolute Gasteiger partial charge is 0.306 e. The van der Waals surface area contributed by atoms with Gasteiger partial charge < -0.3 is 19.9 Å². The minimum Gasteiger partial charge on any atom is -0.466 e. The molecule has 2 amide bonds. The third-order valence-corrected chi connectivity index (χ3v) is 11.5. The van der Waals surface area contributed by atoms with E-state index in [-0.39, 0.29) is 36.7 Å². The van der Waals surface area contributed by atoms with Crippen molar-refractivity contribution in [3.05, 3.63) is 12.2 Å². The molecule has 316 valence electrons. The minimum atomic E-state index is -0.486. The number of allylic oxidation sites excluding steroid dienone is 2. The SMILES string of the molecule is CCCC/C=C\CCCCCCCCCC(C(=O)NC1CCCCCC1)N(CCCN(CC)CC)C(=O)CCC(=O)OCCCCCCCCCCCC. The number of esters is 1. The van der Waals surface area contributed by atoms with Gasteiger partial charge in [0.15, 0.2) is 0 Å². The molecule has 54 heavy (non-hydrogen) atoms. The first kappa shape index (κ1) is 50.1. The number of ether oxygens (including phenoxy) is 1. The molecule has 7 heteroatoms. The fourth-order valence-electron chi connectivity index (χ4n) is 7.85. The summed E-state index contributed by atoms with van der Waals surface area (Å²) in [7, 11) is 0. The van der Waals surface area contributed by atoms with Crippen molar-refractivity contribution in [3.8, 4) is 0 Å². The number of nitrogens with one attached hydrogen (secondary N) is 1. The number of hydrogen-bond acceptors (Lipinski definition) is 5. The zero-order valence-corrected chi connectivity index (χ0v) is 36.3. The Morgan fingerprint density at radius 3 is 1.74 bits per heavy atom. The molecule has 0 aromatic rings. The second kappa shape index (κ2) is 36.7. The van der Waals surface area contributed by atoms with Crippen LogP contribution in [0.3, 0.4) is 0 Å². The lowest BCUT2D eigenvalue weighted by Crippen LogP contribution is -2.52. The predicted molar refractivity (Wildman–Crippen MR) is 230 cm³/mol. The Labute approximate surface area is 334 Å². The summed E-state index contributed by atoms with van der Waals surface area (Å²) in [6.07, 6.45) is 38.7. The van der Waals surface area contributed by atoms with Crippen molar-refractivity contribution >= 4 is 17.8 Å². The summed E-state index contributed by atoms with van der Waals surface area (Å²) in [4.78, 5) is 45.0. The number of rotatable bonds is 36. The highest BCUT2D eigenvalue weighted by molar-refractivity contribution is 5.89. The summed E-state index contributed by atoms with van der Waals surface area (Å²) in [5.41, 5.74) is 0. The Kier molecular flexibility index (Phi) is 34.1. The summed E-state index contributed by atoms with van der Waals surface area (Å²) in [5.74, 6) is -0.377. The molecule has 0 radical (unpaired) electrons. The van der Waals surface area contributed by atoms with E-state index >= 15 is 0 Å². The van der Waals surface area contributed by atoms with Crippen LogP contribution in [-0.2, 0) is 19.1 Å². The normalized spacial score (nSPS) is 14.4. The second-order valence-electron chi connectivity index (χ2n) is 16.2. The average molecular weight is 760 g/mol. The van der Waals surface area contributed by atoms with Gasteiger partial charge in [0.05, 0.1) is 13.0 Å². The van der Waals surface area contributed by atoms with Crippen LogP contribution in [0.25, 0.3) is 0 Å². The van der Waals surface area contributed by atoms with Gasteiger partial charge in [-0.1, -0.05) is 175 Å². The molecular formula is C47H89N3O4. The van der Waals surface area contributed by atoms with Crippen LogP contribution in [0.15, 0.2) is 12.2 Å². The fourth-order valence-corrected chi connectivity index (χ4v) is 7.85. The highest BCUT2D eigenvalue weighted by Gasteiger charge is 2.31. The topological polar surface area (TPSA) is 79.0 Å². The van der Waals surface area contributed by atoms with Crippen molar-refractivity contribution in [2.24, 2.45) is 0 Å². The highest BCUT2D eigenvalue weighted by Crippen LogP contribution is 2.21. The van der Waals surface area contributed by atoms with Gasteiger partial charge in [-0.2, -0.15) is 0 Å². The van der Waals surface area contributed by atoms with E-state index in [4.69, 9.17) is 4.74 Å². The van der Waals surface area contributed by atoms with Gasteiger partial charge in [0.25, 0.3) is 0 Å². The number of hydrogen-bond donors (Lipinski definition) is 1. The third kappa shape index (κ3) is 27.7. The lowest BCUT2D eigenvalue weighted by atomic mass is 10.0. The Morgan fingerprint density at radius 1 is 0.611 bits per heavy atom. The maximum Gasteiger partial charge on any atom is 0.306 e. The van der Waals surface area contributed by atoms with Gasteiger partial charge in [0.2, 0.25) is 11.8 Å². The first-order valence-corrected chi connectivity index (χ1v) is 23.6. The largest absolute Gasteiger partial charge is 0.466 e. The molecule has 0 aromatic heterocycles. The maximum atomic E-state index is 14.1. The van der Waals surface area contributed by atoms with Crippen LogP contribution in [0, 0.1) is 0 Å². The quantitative estimate of drug-likeness (QED) is 0.0298. The minimum absolute atomic E-state index is 0.00798. The molecule has 0 aliphatic heterocycles. The van der Waals surface area contributed by atoms with E-state index in [1.54, 1.807) is 0 Å². The average Bonchev–Trinajstić information content (AvgIpc) is 3.45. The first-order valence-electron chi connectivity index (χ1n) is 23.6. The molecule has 0 spiro atoms. The maximum absolute atomic E-state index is 14.1. The van der Waals surface area contributed by atoms with Gasteiger partial charge in [-0.3, -0.25) is 14.4 Å². The van der Waals surface area contributed by atoms with E-state index in [1.165, 1.54) is 122 Å². The van der Waals surface area contributed by atoms with E-state index in [2.05, 4.69) is 50.1 Å². The van der Waals surface area contributed by atoms with Crippen LogP contribution < -0.4 is 5.32 Å². The van der Waals surface area contributed by atoms with Gasteiger partial charge in [-0.15, -0.1) is 0 Å². The molecule has 1 atom stereocenters. The molecule has 7 nitrogen and oxygen atoms in total. The summed E-state index contributed by atoms with van der Waals surface area (Å²) in [5, 5.41) is 3.40. The number of carbonyl (C=O) groups is 3. The van der Waals surface area contributed by atoms with E-state index < -0.39 is 6.04 Å². The summed E-state index contributed by atoms with van der Waals surface area (Å²) in [6.45, 7) is 12.6. The molecule has 0 heterocycles. The monoisotopic (exact) mass is 760 g/mol. The molecular weight excluding hydrogens is 671 g/mol. The molecule has 1 saturated carbocycles. The molecule has 1 unspecified atom stereocenters. The molecule has 1 aliphatic rings. The molecule has 0 bridgehead atoms. The number of nitrogens with zero attached hydrogens (tertiary/aromatic N) is 2. The van der Waals surface area contributed by atoms with Gasteiger partial charge in [-0.05, 0) is 71.0 Å². The van der Waals surface area contributed by atoms with Crippen LogP contribution in [0.4, 0.5) is 0 Å². The van der Waals surface area contributed by atoms with Crippen LogP contribution in [-0.4, -0.2) is 72.5 Å². The Hall–Kier alpha value is -1.89. The number of carbonyl (C=O) groups excluding carboxylic acids is 3. The van der Waals surface area contributed by atoms with Gasteiger partial charge in [0.1, 0.15) is 6.04 Å². The first-order chi connectivity index (χ1) is 26.5. The molecule has 1 aliphatic carbocycles. The van der Waals surface area contributed by atoms with Gasteiger partial charge in [0, 0.05) is 19.0 Å². The highest BCUT2D eigenvalue weighted by atomic mass is 16.5. The fraction of sp³-hybridized carbons (Fsp3) is 0.894. The van der Waals surface area contributed by atoms with Crippen molar-refractivity contribution < 1.29 is 19.1 Å². The van der Waals surface area contributed by atoms with E-state index in [0.29, 0.717) is 19.6 Å². The van der Waals surface area contributed by atoms with Crippen molar-refractivity contribution in [3.63, 3.8) is 0 Å². The van der Waals surface area contributed by atoms with Gasteiger partial charge in [-0.25, -0.2) is 0 Å². The predicted octanol–water partition coefficient (Wildman–Crippen LogP) is 12.3. The van der Waals surface area contributed by atoms with Crippen molar-refractivity contribution in [1.82, 2.24) is 15.1 Å². The molecule has 1 fully saturated rings. The third-order valence-electron chi connectivity index (χ3n) is 11.5. The van der Waals surface area contributed by atoms with E-state index in [0.717, 1.165) is 77.4 Å². The lowest BCUT2D eigenvalue weighted by molar-refractivity contribution is -0.147. The number of amides is 2. The van der Waals surface area contributed by atoms with Crippen molar-refractivity contribution in [2.45, 2.75) is 239 Å². The van der Waals surface area contributed by atoms with Crippen molar-refractivity contribution in [2.75, 3.05) is 32.8 Å². The molecule has 0 aromatic carbocycles. The summed E-state index contributed by atoms with van der Waals surface area (Å²) < 4.78 is 5.56. The second-order valence-corrected chi connectivity index (χ2v) is 16.2. The lowest BCUT2D eigenvalue weighted by Gasteiger charge is -2.33.